The zero-order chi connectivity index (χ0) is 11.0. The number of aromatic amines is 1. The smallest absolute Gasteiger partial charge is 0.272 e. The first-order chi connectivity index (χ1) is 7.86. The Hall–Kier alpha value is -1.68. The van der Waals surface area contributed by atoms with E-state index in [1.807, 2.05) is 24.3 Å². The first-order valence-electron chi connectivity index (χ1n) is 5.54. The third kappa shape index (κ3) is 1.42. The summed E-state index contributed by atoms with van der Waals surface area (Å²) in [4.78, 5) is 11.6. The lowest BCUT2D eigenvalue weighted by molar-refractivity contribution is 0.720. The Kier molecular flexibility index (Phi) is 2.22. The van der Waals surface area contributed by atoms with Crippen LogP contribution in [0.25, 0.3) is 10.8 Å². The summed E-state index contributed by atoms with van der Waals surface area (Å²) >= 11 is 0. The van der Waals surface area contributed by atoms with Crippen molar-refractivity contribution >= 4 is 10.8 Å². The van der Waals surface area contributed by atoms with Crippen molar-refractivity contribution in [2.24, 2.45) is 0 Å². The van der Waals surface area contributed by atoms with E-state index in [9.17, 15) is 4.79 Å². The Bertz CT molecular complexity index is 570. The van der Waals surface area contributed by atoms with Crippen molar-refractivity contribution in [3.8, 4) is 0 Å². The van der Waals surface area contributed by atoms with E-state index in [0.717, 1.165) is 36.0 Å². The number of hydrogen-bond acceptors (Lipinski definition) is 3. The molecule has 2 heterocycles. The second kappa shape index (κ2) is 3.72. The van der Waals surface area contributed by atoms with Gasteiger partial charge in [0.1, 0.15) is 0 Å². The number of H-pyrrole nitrogens is 1. The molecule has 1 aliphatic heterocycles. The Morgan fingerprint density at radius 2 is 2.06 bits per heavy atom. The number of aromatic nitrogens is 2. The van der Waals surface area contributed by atoms with E-state index in [2.05, 4.69) is 15.5 Å². The lowest BCUT2D eigenvalue weighted by Gasteiger charge is -2.09. The van der Waals surface area contributed by atoms with Gasteiger partial charge in [0.05, 0.1) is 11.1 Å². The van der Waals surface area contributed by atoms with Crippen molar-refractivity contribution in [1.82, 2.24) is 15.5 Å². The van der Waals surface area contributed by atoms with Crippen LogP contribution >= 0.6 is 0 Å². The van der Waals surface area contributed by atoms with Crippen LogP contribution in [0.15, 0.2) is 29.1 Å². The minimum Gasteiger partial charge on any atom is -0.316 e. The molecule has 0 aliphatic carbocycles. The van der Waals surface area contributed by atoms with Crippen LogP contribution in [0.1, 0.15) is 18.0 Å². The minimum absolute atomic E-state index is 0.106. The van der Waals surface area contributed by atoms with E-state index < -0.39 is 0 Å². The second-order valence-corrected chi connectivity index (χ2v) is 4.17. The summed E-state index contributed by atoms with van der Waals surface area (Å²) in [5, 5.41) is 11.8. The number of nitrogens with one attached hydrogen (secondary N) is 2. The van der Waals surface area contributed by atoms with Crippen molar-refractivity contribution in [3.05, 3.63) is 40.3 Å². The van der Waals surface area contributed by atoms with E-state index in [4.69, 9.17) is 0 Å². The van der Waals surface area contributed by atoms with Crippen LogP contribution in [0.3, 0.4) is 0 Å². The predicted octanol–water partition coefficient (Wildman–Crippen LogP) is 1.000. The average Bonchev–Trinajstić information content (AvgIpc) is 2.83. The van der Waals surface area contributed by atoms with E-state index in [1.165, 1.54) is 0 Å². The van der Waals surface area contributed by atoms with E-state index in [-0.39, 0.29) is 5.56 Å². The quantitative estimate of drug-likeness (QED) is 0.746. The number of nitrogens with zero attached hydrogens (tertiary/aromatic N) is 1. The summed E-state index contributed by atoms with van der Waals surface area (Å²) in [5.74, 6) is 0.418. The number of rotatable bonds is 1. The first kappa shape index (κ1) is 9.54. The van der Waals surface area contributed by atoms with E-state index in [1.54, 1.807) is 0 Å². The van der Waals surface area contributed by atoms with Crippen molar-refractivity contribution < 1.29 is 0 Å². The topological polar surface area (TPSA) is 57.8 Å². The van der Waals surface area contributed by atoms with Gasteiger partial charge >= 0.3 is 0 Å². The lowest BCUT2D eigenvalue weighted by Crippen LogP contribution is -2.15. The van der Waals surface area contributed by atoms with Crippen molar-refractivity contribution in [3.63, 3.8) is 0 Å². The Balaban J connectivity index is 2.25. The number of benzene rings is 1. The van der Waals surface area contributed by atoms with Crippen LogP contribution in [0, 0.1) is 0 Å². The third-order valence-corrected chi connectivity index (χ3v) is 3.17. The normalized spacial score (nSPS) is 20.4. The molecule has 3 rings (SSSR count). The fourth-order valence-electron chi connectivity index (χ4n) is 2.34. The average molecular weight is 215 g/mol. The lowest BCUT2D eigenvalue weighted by atomic mass is 9.99. The molecular formula is C12H13N3O. The highest BCUT2D eigenvalue weighted by Crippen LogP contribution is 2.25. The van der Waals surface area contributed by atoms with Gasteiger partial charge < -0.3 is 5.32 Å². The molecule has 1 aromatic carbocycles. The van der Waals surface area contributed by atoms with Crippen molar-refractivity contribution in [1.29, 1.82) is 0 Å². The van der Waals surface area contributed by atoms with Crippen molar-refractivity contribution in [2.45, 2.75) is 12.3 Å². The molecule has 1 atom stereocenters. The van der Waals surface area contributed by atoms with Crippen LogP contribution in [0.4, 0.5) is 0 Å². The molecule has 1 unspecified atom stereocenters. The van der Waals surface area contributed by atoms with Gasteiger partial charge in [-0.2, -0.15) is 5.10 Å². The molecule has 1 saturated heterocycles. The molecule has 0 radical (unpaired) electrons. The summed E-state index contributed by atoms with van der Waals surface area (Å²) in [5.41, 5.74) is 0.908. The molecule has 2 N–H and O–H groups in total. The third-order valence-electron chi connectivity index (χ3n) is 3.17. The first-order valence-corrected chi connectivity index (χ1v) is 5.54. The molecular weight excluding hydrogens is 202 g/mol. The molecule has 16 heavy (non-hydrogen) atoms. The van der Waals surface area contributed by atoms with Gasteiger partial charge in [-0.05, 0) is 19.0 Å². The van der Waals surface area contributed by atoms with Crippen LogP contribution in [-0.4, -0.2) is 23.3 Å². The summed E-state index contributed by atoms with van der Waals surface area (Å²) in [6, 6.07) is 7.66. The zero-order valence-corrected chi connectivity index (χ0v) is 8.86. The fourth-order valence-corrected chi connectivity index (χ4v) is 2.34. The molecule has 0 bridgehead atoms. The van der Waals surface area contributed by atoms with Gasteiger partial charge in [0.25, 0.3) is 5.56 Å². The van der Waals surface area contributed by atoms with Crippen LogP contribution in [0.5, 0.6) is 0 Å². The maximum atomic E-state index is 11.6. The molecule has 2 aromatic rings. The van der Waals surface area contributed by atoms with Crippen LogP contribution < -0.4 is 10.9 Å². The summed E-state index contributed by atoms with van der Waals surface area (Å²) < 4.78 is 0. The Labute approximate surface area is 92.7 Å². The number of hydrogen-bond donors (Lipinski definition) is 2. The highest BCUT2D eigenvalue weighted by molar-refractivity contribution is 5.83. The summed E-state index contributed by atoms with van der Waals surface area (Å²) in [6.07, 6.45) is 1.09. The predicted molar refractivity (Wildman–Crippen MR) is 62.6 cm³/mol. The van der Waals surface area contributed by atoms with E-state index in [0.29, 0.717) is 5.92 Å². The van der Waals surface area contributed by atoms with E-state index >= 15 is 0 Å². The van der Waals surface area contributed by atoms with Crippen LogP contribution in [-0.2, 0) is 0 Å². The highest BCUT2D eigenvalue weighted by atomic mass is 16.1. The van der Waals surface area contributed by atoms with Gasteiger partial charge in [-0.1, -0.05) is 18.2 Å². The molecule has 1 aromatic heterocycles. The van der Waals surface area contributed by atoms with Gasteiger partial charge in [-0.3, -0.25) is 4.79 Å². The van der Waals surface area contributed by atoms with Gasteiger partial charge in [0.15, 0.2) is 0 Å². The molecule has 0 spiro atoms. The van der Waals surface area contributed by atoms with Crippen LogP contribution in [0.2, 0.25) is 0 Å². The van der Waals surface area contributed by atoms with Gasteiger partial charge in [-0.25, -0.2) is 5.10 Å². The summed E-state index contributed by atoms with van der Waals surface area (Å²) in [6.45, 7) is 1.98. The molecule has 1 aliphatic rings. The molecule has 4 nitrogen and oxygen atoms in total. The second-order valence-electron chi connectivity index (χ2n) is 4.17. The minimum atomic E-state index is -0.106. The fraction of sp³-hybridized carbons (Fsp3) is 0.333. The van der Waals surface area contributed by atoms with Gasteiger partial charge in [0, 0.05) is 17.8 Å². The highest BCUT2D eigenvalue weighted by Gasteiger charge is 2.20. The monoisotopic (exact) mass is 215 g/mol. The molecule has 1 fully saturated rings. The Morgan fingerprint density at radius 1 is 1.25 bits per heavy atom. The molecule has 4 heteroatoms. The number of fused-ring (bicyclic) bond motifs is 1. The summed E-state index contributed by atoms with van der Waals surface area (Å²) in [7, 11) is 0. The molecule has 82 valence electrons. The van der Waals surface area contributed by atoms with Crippen molar-refractivity contribution in [2.75, 3.05) is 13.1 Å². The van der Waals surface area contributed by atoms with Gasteiger partial charge in [0.2, 0.25) is 0 Å². The zero-order valence-electron chi connectivity index (χ0n) is 8.86. The Morgan fingerprint density at radius 3 is 2.81 bits per heavy atom. The maximum Gasteiger partial charge on any atom is 0.272 e. The SMILES string of the molecule is O=c1[nH]nc(C2CCNC2)c2ccccc12. The molecule has 0 amide bonds. The maximum absolute atomic E-state index is 11.6. The van der Waals surface area contributed by atoms with Gasteiger partial charge in [-0.15, -0.1) is 0 Å². The largest absolute Gasteiger partial charge is 0.316 e. The standard InChI is InChI=1S/C12H13N3O/c16-12-10-4-2-1-3-9(10)11(14-15-12)8-5-6-13-7-8/h1-4,8,13H,5-7H2,(H,15,16). The molecule has 0 saturated carbocycles.